The second kappa shape index (κ2) is 12.4. The number of anilines is 1. The molecule has 3 rings (SSSR count). The Hall–Kier alpha value is -2.88. The Balaban J connectivity index is 1.85. The third kappa shape index (κ3) is 7.31. The molecule has 6 nitrogen and oxygen atoms in total. The highest BCUT2D eigenvalue weighted by Crippen LogP contribution is 2.29. The number of thiocarbonyl (C=S) groups is 1. The van der Waals surface area contributed by atoms with Gasteiger partial charge in [0.1, 0.15) is 10.4 Å². The minimum Gasteiger partial charge on any atom is -0.480 e. The summed E-state index contributed by atoms with van der Waals surface area (Å²) in [7, 11) is 0. The molecule has 0 unspecified atom stereocenters. The van der Waals surface area contributed by atoms with Crippen LogP contribution in [0.2, 0.25) is 0 Å². The van der Waals surface area contributed by atoms with Crippen molar-refractivity contribution in [3.63, 3.8) is 0 Å². The van der Waals surface area contributed by atoms with E-state index in [4.69, 9.17) is 12.2 Å². The number of nitrogens with one attached hydrogen (secondary N) is 2. The maximum Gasteiger partial charge on any atom is 0.326 e. The molecular weight excluding hydrogens is 474 g/mol. The molecule has 9 heteroatoms. The number of carboxylic acids is 1. The summed E-state index contributed by atoms with van der Waals surface area (Å²) < 4.78 is 0.544. The number of aliphatic carboxylic acids is 1. The molecule has 170 valence electrons. The number of thioether (sulfide) groups is 2. The van der Waals surface area contributed by atoms with Crippen LogP contribution in [0.3, 0.4) is 0 Å². The third-order valence-corrected chi connectivity index (χ3v) is 6.42. The van der Waals surface area contributed by atoms with Gasteiger partial charge in [-0.2, -0.15) is 11.8 Å². The lowest BCUT2D eigenvalue weighted by atomic mass is 9.98. The number of hydrogen-bond donors (Lipinski definition) is 3. The highest BCUT2D eigenvalue weighted by atomic mass is 32.2. The maximum atomic E-state index is 13.1. The second-order valence-corrected chi connectivity index (χ2v) is 9.71. The fourth-order valence-electron chi connectivity index (χ4n) is 3.06. The highest BCUT2D eigenvalue weighted by molar-refractivity contribution is 8.23. The van der Waals surface area contributed by atoms with Crippen LogP contribution in [0.15, 0.2) is 78.0 Å². The first-order valence-corrected chi connectivity index (χ1v) is 12.7. The zero-order chi connectivity index (χ0) is 23.6. The lowest BCUT2D eigenvalue weighted by Crippen LogP contribution is -2.41. The van der Waals surface area contributed by atoms with Gasteiger partial charge < -0.3 is 15.7 Å². The minimum atomic E-state index is -1.05. The van der Waals surface area contributed by atoms with Crippen LogP contribution in [-0.4, -0.2) is 44.3 Å². The van der Waals surface area contributed by atoms with Gasteiger partial charge >= 0.3 is 5.97 Å². The van der Waals surface area contributed by atoms with Crippen molar-refractivity contribution in [3.8, 4) is 11.1 Å². The molecule has 1 heterocycles. The molecule has 2 aromatic carbocycles. The number of aromatic nitrogens is 1. The number of carbonyl (C=O) groups excluding carboxylic acids is 1. The maximum absolute atomic E-state index is 13.1. The Morgan fingerprint density at radius 2 is 1.91 bits per heavy atom. The number of hydrogen-bond acceptors (Lipinski definition) is 6. The number of nitrogens with zero attached hydrogens (tertiary/aromatic N) is 1. The monoisotopic (exact) mass is 497 g/mol. The summed E-state index contributed by atoms with van der Waals surface area (Å²) >= 11 is 8.38. The van der Waals surface area contributed by atoms with Crippen LogP contribution in [-0.2, 0) is 4.79 Å². The Kier molecular flexibility index (Phi) is 9.29. The van der Waals surface area contributed by atoms with Gasteiger partial charge in [-0.1, -0.05) is 54.3 Å². The van der Waals surface area contributed by atoms with E-state index in [-0.39, 0.29) is 0 Å². The Bertz CT molecular complexity index is 1110. The van der Waals surface area contributed by atoms with E-state index in [9.17, 15) is 14.7 Å². The molecule has 0 saturated carbocycles. The fraction of sp³-hybridized carbons (Fsp3) is 0.167. The van der Waals surface area contributed by atoms with Crippen molar-refractivity contribution in [1.29, 1.82) is 0 Å². The van der Waals surface area contributed by atoms with E-state index >= 15 is 0 Å². The van der Waals surface area contributed by atoms with Crippen molar-refractivity contribution >= 4 is 57.6 Å². The molecule has 1 aromatic heterocycles. The molecular formula is C24H23N3O3S3. The second-order valence-electron chi connectivity index (χ2n) is 6.98. The van der Waals surface area contributed by atoms with E-state index < -0.39 is 17.9 Å². The standard InChI is InChI=1S/C24H23N3O3S3/c1-32-13-11-21(23(29)30)27-22(28)19-10-9-17(14-20(19)16-6-3-2-4-7-16)26-24(31)33-18-8-5-12-25-15-18/h2-10,12,14-15,21H,11,13H2,1H3,(H,26,31)(H,27,28)(H,29,30)/t21-/m0/s1. The number of carboxylic acid groups (broad SMARTS) is 1. The molecule has 0 fully saturated rings. The summed E-state index contributed by atoms with van der Waals surface area (Å²) in [6, 6.07) is 17.6. The van der Waals surface area contributed by atoms with Gasteiger partial charge in [-0.3, -0.25) is 9.78 Å². The molecule has 0 aliphatic rings. The number of amides is 1. The van der Waals surface area contributed by atoms with Crippen molar-refractivity contribution in [2.75, 3.05) is 17.3 Å². The molecule has 0 aliphatic carbocycles. The highest BCUT2D eigenvalue weighted by Gasteiger charge is 2.22. The Morgan fingerprint density at radius 3 is 2.58 bits per heavy atom. The molecule has 0 aliphatic heterocycles. The average Bonchev–Trinajstić information content (AvgIpc) is 2.82. The van der Waals surface area contributed by atoms with E-state index in [2.05, 4.69) is 15.6 Å². The van der Waals surface area contributed by atoms with E-state index in [1.165, 1.54) is 23.5 Å². The third-order valence-electron chi connectivity index (χ3n) is 4.65. The van der Waals surface area contributed by atoms with Gasteiger partial charge in [-0.25, -0.2) is 4.79 Å². The number of rotatable bonds is 9. The predicted octanol–water partition coefficient (Wildman–Crippen LogP) is 5.17. The summed E-state index contributed by atoms with van der Waals surface area (Å²) in [5.41, 5.74) is 2.64. The van der Waals surface area contributed by atoms with Gasteiger partial charge in [-0.05, 0) is 59.9 Å². The van der Waals surface area contributed by atoms with Crippen LogP contribution >= 0.6 is 35.7 Å². The number of pyridine rings is 1. The van der Waals surface area contributed by atoms with E-state index in [0.29, 0.717) is 27.6 Å². The van der Waals surface area contributed by atoms with Crippen LogP contribution in [0.25, 0.3) is 11.1 Å². The lowest BCUT2D eigenvalue weighted by molar-refractivity contribution is -0.139. The van der Waals surface area contributed by atoms with Crippen molar-refractivity contribution in [3.05, 3.63) is 78.6 Å². The summed E-state index contributed by atoms with van der Waals surface area (Å²) in [6.45, 7) is 0. The zero-order valence-electron chi connectivity index (χ0n) is 17.9. The van der Waals surface area contributed by atoms with Crippen molar-refractivity contribution in [2.24, 2.45) is 0 Å². The summed E-state index contributed by atoms with van der Waals surface area (Å²) in [4.78, 5) is 29.7. The van der Waals surface area contributed by atoms with E-state index in [1.54, 1.807) is 24.5 Å². The van der Waals surface area contributed by atoms with Crippen molar-refractivity contribution < 1.29 is 14.7 Å². The van der Waals surface area contributed by atoms with Gasteiger partial charge in [0.05, 0.1) is 0 Å². The largest absolute Gasteiger partial charge is 0.480 e. The molecule has 33 heavy (non-hydrogen) atoms. The molecule has 0 saturated heterocycles. The number of carbonyl (C=O) groups is 2. The van der Waals surface area contributed by atoms with Gasteiger partial charge in [0, 0.05) is 28.5 Å². The first-order chi connectivity index (χ1) is 16.0. The van der Waals surface area contributed by atoms with Crippen molar-refractivity contribution in [1.82, 2.24) is 10.3 Å². The average molecular weight is 498 g/mol. The number of benzene rings is 2. The van der Waals surface area contributed by atoms with Gasteiger partial charge in [0.15, 0.2) is 0 Å². The van der Waals surface area contributed by atoms with E-state index in [1.807, 2.05) is 54.8 Å². The minimum absolute atomic E-state index is 0.350. The van der Waals surface area contributed by atoms with Crippen LogP contribution < -0.4 is 10.6 Å². The quantitative estimate of drug-likeness (QED) is 0.275. The van der Waals surface area contributed by atoms with Gasteiger partial charge in [-0.15, -0.1) is 0 Å². The molecule has 1 atom stereocenters. The molecule has 1 amide bonds. The summed E-state index contributed by atoms with van der Waals surface area (Å²) in [5, 5.41) is 15.3. The first-order valence-electron chi connectivity index (χ1n) is 10.1. The molecule has 0 spiro atoms. The van der Waals surface area contributed by atoms with Crippen LogP contribution in [0, 0.1) is 0 Å². The van der Waals surface area contributed by atoms with Crippen LogP contribution in [0.4, 0.5) is 5.69 Å². The molecule has 3 N–H and O–H groups in total. The predicted molar refractivity (Wildman–Crippen MR) is 140 cm³/mol. The van der Waals surface area contributed by atoms with E-state index in [0.717, 1.165) is 16.1 Å². The van der Waals surface area contributed by atoms with Crippen LogP contribution in [0.5, 0.6) is 0 Å². The first kappa shape index (κ1) is 24.8. The zero-order valence-corrected chi connectivity index (χ0v) is 20.3. The van der Waals surface area contributed by atoms with Gasteiger partial charge in [0.25, 0.3) is 5.91 Å². The smallest absolute Gasteiger partial charge is 0.326 e. The van der Waals surface area contributed by atoms with Crippen molar-refractivity contribution in [2.45, 2.75) is 17.4 Å². The fourth-order valence-corrected chi connectivity index (χ4v) is 4.58. The SMILES string of the molecule is CSCC[C@H](NC(=O)c1ccc(NC(=S)Sc2cccnc2)cc1-c1ccccc1)C(=O)O. The molecule has 0 radical (unpaired) electrons. The topological polar surface area (TPSA) is 91.3 Å². The summed E-state index contributed by atoms with van der Waals surface area (Å²) in [5.74, 6) is -0.839. The molecule has 3 aromatic rings. The Morgan fingerprint density at radius 1 is 1.12 bits per heavy atom. The lowest BCUT2D eigenvalue weighted by Gasteiger charge is -2.17. The van der Waals surface area contributed by atoms with Crippen LogP contribution in [0.1, 0.15) is 16.8 Å². The normalized spacial score (nSPS) is 11.4. The molecule has 0 bridgehead atoms. The Labute approximate surface area is 206 Å². The van der Waals surface area contributed by atoms with Gasteiger partial charge in [0.2, 0.25) is 0 Å². The summed E-state index contributed by atoms with van der Waals surface area (Å²) in [6.07, 6.45) is 5.68.